The molecule has 0 aliphatic carbocycles. The normalized spacial score (nSPS) is 15.6. The molecule has 1 saturated heterocycles. The number of likely N-dealkylation sites (N-methyl/N-ethyl adjacent to an activating group) is 1. The van der Waals surface area contributed by atoms with Crippen LogP contribution in [0.4, 0.5) is 5.69 Å². The average molecular weight is 489 g/mol. The van der Waals surface area contributed by atoms with Crippen molar-refractivity contribution in [3.8, 4) is 11.5 Å². The van der Waals surface area contributed by atoms with Crippen LogP contribution in [0.25, 0.3) is 6.08 Å². The monoisotopic (exact) mass is 488 g/mol. The number of ether oxygens (including phenoxy) is 2. The first-order chi connectivity index (χ1) is 16.8. The summed E-state index contributed by atoms with van der Waals surface area (Å²) in [6.07, 6.45) is 1.77. The third kappa shape index (κ3) is 5.73. The fourth-order valence-electron chi connectivity index (χ4n) is 3.36. The van der Waals surface area contributed by atoms with E-state index in [0.29, 0.717) is 33.9 Å². The molecule has 0 aromatic heterocycles. The Labute approximate surface area is 207 Å². The Morgan fingerprint density at radius 1 is 1.09 bits per heavy atom. The Balaban J connectivity index is 1.52. The molecule has 8 heteroatoms. The number of amidine groups is 1. The summed E-state index contributed by atoms with van der Waals surface area (Å²) in [4.78, 5) is 30.4. The highest BCUT2D eigenvalue weighted by atomic mass is 32.2. The summed E-state index contributed by atoms with van der Waals surface area (Å²) in [6, 6.07) is 19.9. The van der Waals surface area contributed by atoms with Crippen molar-refractivity contribution in [3.05, 3.63) is 93.9 Å². The van der Waals surface area contributed by atoms with Gasteiger partial charge in [0, 0.05) is 7.05 Å². The molecular formula is C27H24N2O5S. The van der Waals surface area contributed by atoms with E-state index >= 15 is 0 Å². The van der Waals surface area contributed by atoms with E-state index in [-0.39, 0.29) is 11.5 Å². The Hall–Kier alpha value is -4.04. The van der Waals surface area contributed by atoms with Gasteiger partial charge in [-0.05, 0) is 66.2 Å². The molecular weight excluding hydrogens is 464 g/mol. The molecule has 1 fully saturated rings. The number of benzene rings is 3. The maximum absolute atomic E-state index is 12.8. The molecule has 4 rings (SSSR count). The van der Waals surface area contributed by atoms with Gasteiger partial charge in [0.25, 0.3) is 5.91 Å². The molecule has 1 aliphatic rings. The van der Waals surface area contributed by atoms with Crippen LogP contribution in [0.2, 0.25) is 0 Å². The SMILES string of the molecule is COc1cc(C=C2SC(=Nc3cccc(C(=O)O)c3)N(C)C2=O)ccc1OCc1ccc(C)cc1. The molecule has 3 aromatic rings. The Morgan fingerprint density at radius 2 is 1.86 bits per heavy atom. The van der Waals surface area contributed by atoms with Gasteiger partial charge in [-0.3, -0.25) is 9.69 Å². The quantitative estimate of drug-likeness (QED) is 0.441. The van der Waals surface area contributed by atoms with E-state index in [1.54, 1.807) is 32.4 Å². The molecule has 0 spiro atoms. The maximum Gasteiger partial charge on any atom is 0.335 e. The van der Waals surface area contributed by atoms with Gasteiger partial charge in [0.2, 0.25) is 0 Å². The second-order valence-electron chi connectivity index (χ2n) is 7.91. The van der Waals surface area contributed by atoms with Crippen molar-refractivity contribution in [1.29, 1.82) is 0 Å². The summed E-state index contributed by atoms with van der Waals surface area (Å²) in [5.74, 6) is -0.0499. The third-order valence-electron chi connectivity index (χ3n) is 5.32. The van der Waals surface area contributed by atoms with Gasteiger partial charge in [-0.25, -0.2) is 9.79 Å². The van der Waals surface area contributed by atoms with E-state index < -0.39 is 5.97 Å². The van der Waals surface area contributed by atoms with Crippen molar-refractivity contribution in [2.45, 2.75) is 13.5 Å². The van der Waals surface area contributed by atoms with Crippen molar-refractivity contribution in [2.24, 2.45) is 4.99 Å². The van der Waals surface area contributed by atoms with Crippen LogP contribution < -0.4 is 9.47 Å². The van der Waals surface area contributed by atoms with E-state index in [9.17, 15) is 14.7 Å². The minimum atomic E-state index is -1.03. The minimum absolute atomic E-state index is 0.136. The number of methoxy groups -OCH3 is 1. The summed E-state index contributed by atoms with van der Waals surface area (Å²) in [6.45, 7) is 2.46. The van der Waals surface area contributed by atoms with Gasteiger partial charge in [-0.1, -0.05) is 42.0 Å². The average Bonchev–Trinajstić information content (AvgIpc) is 3.11. The number of carbonyl (C=O) groups excluding carboxylic acids is 1. The van der Waals surface area contributed by atoms with Crippen LogP contribution in [-0.4, -0.2) is 41.2 Å². The Bertz CT molecular complexity index is 1330. The lowest BCUT2D eigenvalue weighted by Gasteiger charge is -2.12. The highest BCUT2D eigenvalue weighted by molar-refractivity contribution is 8.18. The summed E-state index contributed by atoms with van der Waals surface area (Å²) in [7, 11) is 3.21. The fourth-order valence-corrected chi connectivity index (χ4v) is 4.35. The zero-order valence-corrected chi connectivity index (χ0v) is 20.3. The number of aryl methyl sites for hydroxylation is 1. The van der Waals surface area contributed by atoms with Gasteiger partial charge in [0.05, 0.1) is 23.3 Å². The van der Waals surface area contributed by atoms with Crippen molar-refractivity contribution in [1.82, 2.24) is 4.90 Å². The largest absolute Gasteiger partial charge is 0.493 e. The molecule has 1 heterocycles. The molecule has 0 atom stereocenters. The van der Waals surface area contributed by atoms with Gasteiger partial charge < -0.3 is 14.6 Å². The number of carboxylic acids is 1. The number of nitrogens with zero attached hydrogens (tertiary/aromatic N) is 2. The van der Waals surface area contributed by atoms with Crippen molar-refractivity contribution in [3.63, 3.8) is 0 Å². The predicted molar refractivity (Wildman–Crippen MR) is 137 cm³/mol. The molecule has 1 aliphatic heterocycles. The Morgan fingerprint density at radius 3 is 2.57 bits per heavy atom. The van der Waals surface area contributed by atoms with Crippen molar-refractivity contribution >= 4 is 40.6 Å². The predicted octanol–water partition coefficient (Wildman–Crippen LogP) is 5.51. The van der Waals surface area contributed by atoms with Crippen LogP contribution in [-0.2, 0) is 11.4 Å². The first-order valence-electron chi connectivity index (χ1n) is 10.8. The summed E-state index contributed by atoms with van der Waals surface area (Å²) >= 11 is 1.23. The lowest BCUT2D eigenvalue weighted by atomic mass is 10.1. The standard InChI is InChI=1S/C27H24N2O5S/c1-17-7-9-18(10-8-17)16-34-22-12-11-19(13-23(22)33-3)14-24-25(30)29(2)27(35-24)28-21-6-4-5-20(15-21)26(31)32/h4-15H,16H2,1-3H3,(H,31,32). The van der Waals surface area contributed by atoms with Crippen LogP contribution in [0.5, 0.6) is 11.5 Å². The molecule has 0 saturated carbocycles. The molecule has 1 amide bonds. The number of aromatic carboxylic acids is 1. The van der Waals surface area contributed by atoms with Gasteiger partial charge in [-0.2, -0.15) is 0 Å². The van der Waals surface area contributed by atoms with Crippen LogP contribution in [0.15, 0.2) is 76.6 Å². The lowest BCUT2D eigenvalue weighted by Crippen LogP contribution is -2.23. The lowest BCUT2D eigenvalue weighted by molar-refractivity contribution is -0.121. The van der Waals surface area contributed by atoms with Crippen molar-refractivity contribution in [2.75, 3.05) is 14.2 Å². The van der Waals surface area contributed by atoms with E-state index in [1.165, 1.54) is 34.4 Å². The molecule has 0 unspecified atom stereocenters. The fraction of sp³-hybridized carbons (Fsp3) is 0.148. The molecule has 0 bridgehead atoms. The molecule has 3 aromatic carbocycles. The van der Waals surface area contributed by atoms with Crippen LogP contribution in [0.3, 0.4) is 0 Å². The minimum Gasteiger partial charge on any atom is -0.493 e. The number of amides is 1. The molecule has 1 N–H and O–H groups in total. The number of hydrogen-bond donors (Lipinski definition) is 1. The van der Waals surface area contributed by atoms with Crippen LogP contribution in [0.1, 0.15) is 27.0 Å². The third-order valence-corrected chi connectivity index (χ3v) is 6.38. The number of carboxylic acid groups (broad SMARTS) is 1. The molecule has 0 radical (unpaired) electrons. The Kier molecular flexibility index (Phi) is 7.22. The highest BCUT2D eigenvalue weighted by Gasteiger charge is 2.30. The maximum atomic E-state index is 12.8. The van der Waals surface area contributed by atoms with Gasteiger partial charge in [-0.15, -0.1) is 0 Å². The first kappa shape index (κ1) is 24.1. The zero-order valence-electron chi connectivity index (χ0n) is 19.5. The number of hydrogen-bond acceptors (Lipinski definition) is 6. The summed E-state index contributed by atoms with van der Waals surface area (Å²) < 4.78 is 11.4. The van der Waals surface area contributed by atoms with E-state index in [0.717, 1.165) is 11.1 Å². The van der Waals surface area contributed by atoms with Gasteiger partial charge in [0.1, 0.15) is 6.61 Å². The first-order valence-corrected chi connectivity index (χ1v) is 11.6. The number of rotatable bonds is 7. The molecule has 35 heavy (non-hydrogen) atoms. The van der Waals surface area contributed by atoms with Gasteiger partial charge >= 0.3 is 5.97 Å². The van der Waals surface area contributed by atoms with Crippen molar-refractivity contribution < 1.29 is 24.2 Å². The second kappa shape index (κ2) is 10.5. The smallest absolute Gasteiger partial charge is 0.335 e. The topological polar surface area (TPSA) is 88.4 Å². The zero-order chi connectivity index (χ0) is 24.9. The second-order valence-corrected chi connectivity index (χ2v) is 8.92. The molecule has 178 valence electrons. The number of aliphatic imine (C=N–C) groups is 1. The van der Waals surface area contributed by atoms with E-state index in [4.69, 9.17) is 9.47 Å². The van der Waals surface area contributed by atoms with E-state index in [2.05, 4.69) is 4.99 Å². The number of carbonyl (C=O) groups is 2. The van der Waals surface area contributed by atoms with Crippen LogP contribution in [0, 0.1) is 6.92 Å². The van der Waals surface area contributed by atoms with E-state index in [1.807, 2.05) is 49.4 Å². The number of thioether (sulfide) groups is 1. The summed E-state index contributed by atoms with van der Waals surface area (Å²) in [5, 5.41) is 9.65. The van der Waals surface area contributed by atoms with Gasteiger partial charge in [0.15, 0.2) is 16.7 Å². The van der Waals surface area contributed by atoms with Crippen LogP contribution >= 0.6 is 11.8 Å². The highest BCUT2D eigenvalue weighted by Crippen LogP contribution is 2.35. The molecule has 7 nitrogen and oxygen atoms in total. The summed E-state index contributed by atoms with van der Waals surface area (Å²) in [5.41, 5.74) is 3.63.